The van der Waals surface area contributed by atoms with Gasteiger partial charge in [0.15, 0.2) is 5.65 Å². The van der Waals surface area contributed by atoms with E-state index in [1.54, 1.807) is 29.2 Å². The van der Waals surface area contributed by atoms with E-state index in [9.17, 15) is 4.79 Å². The first-order valence-corrected chi connectivity index (χ1v) is 6.69. The van der Waals surface area contributed by atoms with Crippen LogP contribution in [0.1, 0.15) is 12.0 Å². The predicted molar refractivity (Wildman–Crippen MR) is 78.6 cm³/mol. The zero-order valence-electron chi connectivity index (χ0n) is 11.1. The minimum atomic E-state index is -0.0174. The first kappa shape index (κ1) is 12.5. The summed E-state index contributed by atoms with van der Waals surface area (Å²) in [6.07, 6.45) is 5.10. The maximum Gasteiger partial charge on any atom is 0.262 e. The van der Waals surface area contributed by atoms with Gasteiger partial charge in [0.1, 0.15) is 0 Å². The van der Waals surface area contributed by atoms with Crippen LogP contribution in [0.2, 0.25) is 0 Å². The van der Waals surface area contributed by atoms with E-state index in [1.807, 2.05) is 18.2 Å². The summed E-state index contributed by atoms with van der Waals surface area (Å²) in [7, 11) is 0. The summed E-state index contributed by atoms with van der Waals surface area (Å²) < 4.78 is 1.66. The fourth-order valence-electron chi connectivity index (χ4n) is 2.26. The molecule has 0 aliphatic carbocycles. The van der Waals surface area contributed by atoms with E-state index in [-0.39, 0.29) is 5.56 Å². The summed E-state index contributed by atoms with van der Waals surface area (Å²) in [6.45, 7) is 0.672. The van der Waals surface area contributed by atoms with Crippen molar-refractivity contribution in [2.24, 2.45) is 0 Å². The number of hydrogen-bond donors (Lipinski definition) is 0. The van der Waals surface area contributed by atoms with Gasteiger partial charge in [0, 0.05) is 12.7 Å². The van der Waals surface area contributed by atoms with Crippen molar-refractivity contribution in [3.8, 4) is 0 Å². The van der Waals surface area contributed by atoms with Gasteiger partial charge in [0.25, 0.3) is 5.56 Å². The second-order valence-corrected chi connectivity index (χ2v) is 4.71. The van der Waals surface area contributed by atoms with Gasteiger partial charge < -0.3 is 0 Å². The average molecular weight is 265 g/mol. The maximum absolute atomic E-state index is 12.3. The standard InChI is InChI=1S/C16H15N3O/c20-16-14-9-4-10-17-15(14)18-12-19(16)11-5-8-13-6-2-1-3-7-13/h1-4,6-7,9-10,12H,5,8,11H2. The van der Waals surface area contributed by atoms with Crippen molar-refractivity contribution in [1.82, 2.24) is 14.5 Å². The van der Waals surface area contributed by atoms with Crippen LogP contribution < -0.4 is 5.56 Å². The Balaban J connectivity index is 1.75. The van der Waals surface area contributed by atoms with Crippen molar-refractivity contribution in [2.45, 2.75) is 19.4 Å². The molecular weight excluding hydrogens is 250 g/mol. The Kier molecular flexibility index (Phi) is 3.54. The van der Waals surface area contributed by atoms with Gasteiger partial charge in [-0.2, -0.15) is 0 Å². The minimum Gasteiger partial charge on any atom is -0.299 e. The topological polar surface area (TPSA) is 47.8 Å². The lowest BCUT2D eigenvalue weighted by Crippen LogP contribution is -2.21. The Bertz CT molecular complexity index is 765. The van der Waals surface area contributed by atoms with Gasteiger partial charge in [-0.1, -0.05) is 30.3 Å². The molecule has 4 nitrogen and oxygen atoms in total. The number of benzene rings is 1. The molecular formula is C16H15N3O. The molecule has 0 spiro atoms. The molecule has 0 saturated carbocycles. The number of aryl methyl sites for hydroxylation is 2. The van der Waals surface area contributed by atoms with Gasteiger partial charge in [-0.15, -0.1) is 0 Å². The van der Waals surface area contributed by atoms with Crippen molar-refractivity contribution in [2.75, 3.05) is 0 Å². The number of hydrogen-bond acceptors (Lipinski definition) is 3. The molecule has 20 heavy (non-hydrogen) atoms. The number of rotatable bonds is 4. The van der Waals surface area contributed by atoms with Gasteiger partial charge in [-0.3, -0.25) is 9.36 Å². The zero-order chi connectivity index (χ0) is 13.8. The number of aromatic nitrogens is 3. The maximum atomic E-state index is 12.3. The third-order valence-electron chi connectivity index (χ3n) is 3.30. The molecule has 2 aromatic heterocycles. The Labute approximate surface area is 116 Å². The molecule has 4 heteroatoms. The predicted octanol–water partition coefficient (Wildman–Crippen LogP) is 2.42. The molecule has 0 unspecified atom stereocenters. The molecule has 0 atom stereocenters. The molecule has 3 rings (SSSR count). The van der Waals surface area contributed by atoms with Crippen LogP contribution in [0.15, 0.2) is 59.8 Å². The highest BCUT2D eigenvalue weighted by molar-refractivity contribution is 5.72. The van der Waals surface area contributed by atoms with Crippen molar-refractivity contribution in [1.29, 1.82) is 0 Å². The van der Waals surface area contributed by atoms with Crippen LogP contribution in [0.4, 0.5) is 0 Å². The highest BCUT2D eigenvalue weighted by atomic mass is 16.1. The third-order valence-corrected chi connectivity index (χ3v) is 3.30. The van der Waals surface area contributed by atoms with Crippen LogP contribution >= 0.6 is 0 Å². The Morgan fingerprint density at radius 1 is 1.00 bits per heavy atom. The molecule has 0 aliphatic heterocycles. The zero-order valence-corrected chi connectivity index (χ0v) is 11.1. The SMILES string of the molecule is O=c1c2cccnc2ncn1CCCc1ccccc1. The molecule has 1 aromatic carbocycles. The summed E-state index contributed by atoms with van der Waals surface area (Å²) in [5, 5.41) is 0.578. The highest BCUT2D eigenvalue weighted by Gasteiger charge is 2.03. The van der Waals surface area contributed by atoms with E-state index in [0.29, 0.717) is 17.6 Å². The van der Waals surface area contributed by atoms with Crippen molar-refractivity contribution in [3.05, 3.63) is 70.9 Å². The van der Waals surface area contributed by atoms with E-state index in [1.165, 1.54) is 5.56 Å². The Morgan fingerprint density at radius 2 is 1.85 bits per heavy atom. The lowest BCUT2D eigenvalue weighted by molar-refractivity contribution is 0.617. The van der Waals surface area contributed by atoms with Crippen LogP contribution in [0.25, 0.3) is 11.0 Å². The smallest absolute Gasteiger partial charge is 0.262 e. The fourth-order valence-corrected chi connectivity index (χ4v) is 2.26. The Morgan fingerprint density at radius 3 is 2.70 bits per heavy atom. The van der Waals surface area contributed by atoms with Crippen LogP contribution in [0.3, 0.4) is 0 Å². The van der Waals surface area contributed by atoms with Gasteiger partial charge in [0.05, 0.1) is 11.7 Å². The lowest BCUT2D eigenvalue weighted by atomic mass is 10.1. The van der Waals surface area contributed by atoms with Crippen molar-refractivity contribution >= 4 is 11.0 Å². The Hall–Kier alpha value is -2.49. The van der Waals surface area contributed by atoms with E-state index in [2.05, 4.69) is 22.1 Å². The summed E-state index contributed by atoms with van der Waals surface area (Å²) in [4.78, 5) is 20.6. The summed E-state index contributed by atoms with van der Waals surface area (Å²) in [5.74, 6) is 0. The van der Waals surface area contributed by atoms with Crippen LogP contribution in [0.5, 0.6) is 0 Å². The van der Waals surface area contributed by atoms with E-state index in [0.717, 1.165) is 12.8 Å². The molecule has 100 valence electrons. The van der Waals surface area contributed by atoms with E-state index >= 15 is 0 Å². The van der Waals surface area contributed by atoms with E-state index < -0.39 is 0 Å². The van der Waals surface area contributed by atoms with Crippen molar-refractivity contribution in [3.63, 3.8) is 0 Å². The molecule has 3 aromatic rings. The lowest BCUT2D eigenvalue weighted by Gasteiger charge is -2.06. The first-order chi connectivity index (χ1) is 9.84. The molecule has 0 amide bonds. The fraction of sp³-hybridized carbons (Fsp3) is 0.188. The largest absolute Gasteiger partial charge is 0.299 e. The molecule has 2 heterocycles. The molecule has 0 N–H and O–H groups in total. The van der Waals surface area contributed by atoms with Gasteiger partial charge in [-0.05, 0) is 30.5 Å². The first-order valence-electron chi connectivity index (χ1n) is 6.69. The van der Waals surface area contributed by atoms with Crippen molar-refractivity contribution < 1.29 is 0 Å². The molecule has 0 radical (unpaired) electrons. The van der Waals surface area contributed by atoms with Gasteiger partial charge in [-0.25, -0.2) is 9.97 Å². The normalized spacial score (nSPS) is 10.8. The second kappa shape index (κ2) is 5.65. The molecule has 0 bridgehead atoms. The molecule has 0 fully saturated rings. The second-order valence-electron chi connectivity index (χ2n) is 4.71. The summed E-state index contributed by atoms with van der Waals surface area (Å²) in [6, 6.07) is 13.8. The van der Waals surface area contributed by atoms with E-state index in [4.69, 9.17) is 0 Å². The van der Waals surface area contributed by atoms with Crippen LogP contribution in [0, 0.1) is 0 Å². The summed E-state index contributed by atoms with van der Waals surface area (Å²) >= 11 is 0. The van der Waals surface area contributed by atoms with Gasteiger partial charge in [0.2, 0.25) is 0 Å². The summed E-state index contributed by atoms with van der Waals surface area (Å²) in [5.41, 5.74) is 1.78. The molecule has 0 aliphatic rings. The highest BCUT2D eigenvalue weighted by Crippen LogP contribution is 2.05. The monoisotopic (exact) mass is 265 g/mol. The third kappa shape index (κ3) is 2.59. The molecule has 0 saturated heterocycles. The number of nitrogens with zero attached hydrogens (tertiary/aromatic N) is 3. The van der Waals surface area contributed by atoms with Crippen LogP contribution in [-0.4, -0.2) is 14.5 Å². The van der Waals surface area contributed by atoms with Gasteiger partial charge >= 0.3 is 0 Å². The quantitative estimate of drug-likeness (QED) is 0.728. The number of fused-ring (bicyclic) bond motifs is 1. The van der Waals surface area contributed by atoms with Crippen LogP contribution in [-0.2, 0) is 13.0 Å². The minimum absolute atomic E-state index is 0.0174. The average Bonchev–Trinajstić information content (AvgIpc) is 2.51. The number of pyridine rings is 1.